The first-order chi connectivity index (χ1) is 8.56. The molecule has 0 aromatic heterocycles. The molecule has 3 heteroatoms. The molecule has 0 saturated carbocycles. The molecule has 96 valence electrons. The van der Waals surface area contributed by atoms with Crippen LogP contribution in [0.4, 0.5) is 5.69 Å². The minimum atomic E-state index is 0.111. The van der Waals surface area contributed by atoms with Gasteiger partial charge in [-0.25, -0.2) is 0 Å². The van der Waals surface area contributed by atoms with E-state index in [2.05, 4.69) is 33.4 Å². The Labute approximate surface area is 117 Å². The van der Waals surface area contributed by atoms with Crippen LogP contribution in [0.25, 0.3) is 0 Å². The lowest BCUT2D eigenvalue weighted by Gasteiger charge is -2.13. The largest absolute Gasteiger partial charge is 0.326 e. The van der Waals surface area contributed by atoms with Crippen molar-refractivity contribution in [3.8, 4) is 0 Å². The fourth-order valence-corrected chi connectivity index (χ4v) is 3.09. The van der Waals surface area contributed by atoms with Gasteiger partial charge in [0.1, 0.15) is 0 Å². The fourth-order valence-electron chi connectivity index (χ4n) is 2.40. The molecular weight excluding hydrogens is 290 g/mol. The van der Waals surface area contributed by atoms with Gasteiger partial charge >= 0.3 is 0 Å². The standard InChI is InChI=1S/C15H18BrNO/c1-10-7-13(16)8-11(2)15(10)17-14(18)9-12-5-3-4-6-12/h3,5,7-8,12H,4,6,9H2,1-2H3,(H,17,18). The lowest BCUT2D eigenvalue weighted by Crippen LogP contribution is -2.16. The summed E-state index contributed by atoms with van der Waals surface area (Å²) in [5.74, 6) is 0.529. The van der Waals surface area contributed by atoms with Gasteiger partial charge in [0.2, 0.25) is 5.91 Å². The van der Waals surface area contributed by atoms with Crippen molar-refractivity contribution in [2.75, 3.05) is 5.32 Å². The van der Waals surface area contributed by atoms with Crippen molar-refractivity contribution in [3.63, 3.8) is 0 Å². The molecule has 0 fully saturated rings. The van der Waals surface area contributed by atoms with E-state index in [1.807, 2.05) is 26.0 Å². The van der Waals surface area contributed by atoms with Crippen molar-refractivity contribution in [2.45, 2.75) is 33.1 Å². The highest BCUT2D eigenvalue weighted by Crippen LogP contribution is 2.26. The second-order valence-electron chi connectivity index (χ2n) is 4.93. The monoisotopic (exact) mass is 307 g/mol. The van der Waals surface area contributed by atoms with Crippen LogP contribution < -0.4 is 5.32 Å². The van der Waals surface area contributed by atoms with E-state index in [1.54, 1.807) is 0 Å². The maximum absolute atomic E-state index is 12.0. The van der Waals surface area contributed by atoms with Crippen LogP contribution in [0.5, 0.6) is 0 Å². The molecule has 0 aliphatic heterocycles. The van der Waals surface area contributed by atoms with Gasteiger partial charge in [-0.1, -0.05) is 28.1 Å². The number of hydrogen-bond acceptors (Lipinski definition) is 1. The summed E-state index contributed by atoms with van der Waals surface area (Å²) < 4.78 is 1.05. The number of benzene rings is 1. The molecule has 0 saturated heterocycles. The highest BCUT2D eigenvalue weighted by Gasteiger charge is 2.15. The highest BCUT2D eigenvalue weighted by molar-refractivity contribution is 9.10. The third-order valence-electron chi connectivity index (χ3n) is 3.32. The number of carbonyl (C=O) groups is 1. The van der Waals surface area contributed by atoms with Crippen LogP contribution in [0.1, 0.15) is 30.4 Å². The molecule has 0 radical (unpaired) electrons. The minimum Gasteiger partial charge on any atom is -0.326 e. The number of rotatable bonds is 3. The summed E-state index contributed by atoms with van der Waals surface area (Å²) in [5, 5.41) is 3.04. The van der Waals surface area contributed by atoms with Crippen LogP contribution in [0, 0.1) is 19.8 Å². The normalized spacial score (nSPS) is 18.1. The van der Waals surface area contributed by atoms with Gasteiger partial charge in [0, 0.05) is 16.6 Å². The Kier molecular flexibility index (Phi) is 4.23. The first-order valence-corrected chi connectivity index (χ1v) is 7.09. The molecule has 1 aliphatic rings. The van der Waals surface area contributed by atoms with Gasteiger partial charge < -0.3 is 5.32 Å². The summed E-state index contributed by atoms with van der Waals surface area (Å²) in [6.07, 6.45) is 7.11. The van der Waals surface area contributed by atoms with E-state index >= 15 is 0 Å². The fraction of sp³-hybridized carbons (Fsp3) is 0.400. The Bertz CT molecular complexity index is 470. The number of carbonyl (C=O) groups excluding carboxylic acids is 1. The van der Waals surface area contributed by atoms with Crippen LogP contribution >= 0.6 is 15.9 Å². The Balaban J connectivity index is 2.04. The summed E-state index contributed by atoms with van der Waals surface area (Å²) in [6, 6.07) is 4.05. The number of hydrogen-bond donors (Lipinski definition) is 1. The summed E-state index contributed by atoms with van der Waals surface area (Å²) in [5.41, 5.74) is 3.14. The highest BCUT2D eigenvalue weighted by atomic mass is 79.9. The molecule has 1 N–H and O–H groups in total. The van der Waals surface area contributed by atoms with Crippen molar-refractivity contribution < 1.29 is 4.79 Å². The van der Waals surface area contributed by atoms with Gasteiger partial charge in [-0.3, -0.25) is 4.79 Å². The van der Waals surface area contributed by atoms with E-state index in [0.29, 0.717) is 12.3 Å². The average molecular weight is 308 g/mol. The molecule has 1 aliphatic carbocycles. The zero-order chi connectivity index (χ0) is 13.1. The van der Waals surface area contributed by atoms with E-state index < -0.39 is 0 Å². The topological polar surface area (TPSA) is 29.1 Å². The first kappa shape index (κ1) is 13.3. The summed E-state index contributed by atoms with van der Waals surface area (Å²) >= 11 is 3.46. The molecule has 2 rings (SSSR count). The molecule has 0 heterocycles. The molecule has 0 spiro atoms. The molecule has 18 heavy (non-hydrogen) atoms. The second-order valence-corrected chi connectivity index (χ2v) is 5.85. The Morgan fingerprint density at radius 1 is 1.39 bits per heavy atom. The predicted octanol–water partition coefficient (Wildman–Crippen LogP) is 4.36. The number of allylic oxidation sites excluding steroid dienone is 2. The summed E-state index contributed by atoms with van der Waals surface area (Å²) in [7, 11) is 0. The molecular formula is C15H18BrNO. The Morgan fingerprint density at radius 2 is 2.06 bits per heavy atom. The third kappa shape index (κ3) is 3.22. The zero-order valence-electron chi connectivity index (χ0n) is 10.8. The second kappa shape index (κ2) is 5.70. The molecule has 1 unspecified atom stereocenters. The first-order valence-electron chi connectivity index (χ1n) is 6.29. The van der Waals surface area contributed by atoms with Crippen LogP contribution in [-0.4, -0.2) is 5.91 Å². The van der Waals surface area contributed by atoms with Gasteiger partial charge in [0.25, 0.3) is 0 Å². The Hall–Kier alpha value is -1.09. The number of aryl methyl sites for hydroxylation is 2. The minimum absolute atomic E-state index is 0.111. The molecule has 0 bridgehead atoms. The maximum Gasteiger partial charge on any atom is 0.224 e. The van der Waals surface area contributed by atoms with Crippen LogP contribution in [0.15, 0.2) is 28.8 Å². The number of anilines is 1. The van der Waals surface area contributed by atoms with Crippen LogP contribution in [0.3, 0.4) is 0 Å². The molecule has 1 atom stereocenters. The van der Waals surface area contributed by atoms with E-state index in [-0.39, 0.29) is 5.91 Å². The van der Waals surface area contributed by atoms with E-state index in [9.17, 15) is 4.79 Å². The summed E-state index contributed by atoms with van der Waals surface area (Å²) in [4.78, 5) is 12.0. The van der Waals surface area contributed by atoms with Crippen molar-refractivity contribution >= 4 is 27.5 Å². The predicted molar refractivity (Wildman–Crippen MR) is 78.7 cm³/mol. The number of amides is 1. The third-order valence-corrected chi connectivity index (χ3v) is 3.78. The molecule has 2 nitrogen and oxygen atoms in total. The van der Waals surface area contributed by atoms with Crippen molar-refractivity contribution in [2.24, 2.45) is 5.92 Å². The van der Waals surface area contributed by atoms with Crippen LogP contribution in [-0.2, 0) is 4.79 Å². The van der Waals surface area contributed by atoms with Gasteiger partial charge in [-0.15, -0.1) is 0 Å². The zero-order valence-corrected chi connectivity index (χ0v) is 12.4. The van der Waals surface area contributed by atoms with Gasteiger partial charge in [0.15, 0.2) is 0 Å². The SMILES string of the molecule is Cc1cc(Br)cc(C)c1NC(=O)CC1C=CCC1. The van der Waals surface area contributed by atoms with E-state index in [0.717, 1.165) is 34.1 Å². The van der Waals surface area contributed by atoms with E-state index in [4.69, 9.17) is 0 Å². The smallest absolute Gasteiger partial charge is 0.224 e. The average Bonchev–Trinajstić information content (AvgIpc) is 2.76. The number of nitrogens with one attached hydrogen (secondary N) is 1. The molecule has 1 aromatic rings. The van der Waals surface area contributed by atoms with Gasteiger partial charge in [-0.05, 0) is 55.9 Å². The lowest BCUT2D eigenvalue weighted by molar-refractivity contribution is -0.116. The van der Waals surface area contributed by atoms with Crippen molar-refractivity contribution in [3.05, 3.63) is 39.9 Å². The number of halogens is 1. The Morgan fingerprint density at radius 3 is 2.61 bits per heavy atom. The van der Waals surface area contributed by atoms with Crippen molar-refractivity contribution in [1.29, 1.82) is 0 Å². The van der Waals surface area contributed by atoms with Crippen molar-refractivity contribution in [1.82, 2.24) is 0 Å². The molecule has 1 aromatic carbocycles. The quantitative estimate of drug-likeness (QED) is 0.826. The maximum atomic E-state index is 12.0. The lowest BCUT2D eigenvalue weighted by atomic mass is 10.0. The van der Waals surface area contributed by atoms with Gasteiger partial charge in [0.05, 0.1) is 0 Å². The van der Waals surface area contributed by atoms with Gasteiger partial charge in [-0.2, -0.15) is 0 Å². The summed E-state index contributed by atoms with van der Waals surface area (Å²) in [6.45, 7) is 4.03. The van der Waals surface area contributed by atoms with E-state index in [1.165, 1.54) is 0 Å². The molecule has 1 amide bonds. The van der Waals surface area contributed by atoms with Crippen LogP contribution in [0.2, 0.25) is 0 Å².